The fraction of sp³-hybridized carbons (Fsp3) is 0.176. The molecular weight excluding hydrogens is 312 g/mol. The van der Waals surface area contributed by atoms with Gasteiger partial charge in [-0.05, 0) is 42.7 Å². The van der Waals surface area contributed by atoms with Crippen molar-refractivity contribution in [1.82, 2.24) is 4.57 Å². The number of hydrogen-bond acceptors (Lipinski definition) is 5. The second kappa shape index (κ2) is 5.77. The molecule has 0 aliphatic heterocycles. The second-order valence-electron chi connectivity index (χ2n) is 5.63. The summed E-state index contributed by atoms with van der Waals surface area (Å²) in [4.78, 5) is 34.1. The minimum absolute atomic E-state index is 0.0467. The number of hydrogen-bond donors (Lipinski definition) is 0. The highest BCUT2D eigenvalue weighted by molar-refractivity contribution is 5.81. The zero-order chi connectivity index (χ0) is 17.4. The van der Waals surface area contributed by atoms with Crippen LogP contribution in [0.3, 0.4) is 0 Å². The molecule has 0 aliphatic rings. The van der Waals surface area contributed by atoms with Gasteiger partial charge in [0.25, 0.3) is 11.2 Å². The molecule has 0 fully saturated rings. The van der Waals surface area contributed by atoms with Crippen molar-refractivity contribution in [2.45, 2.75) is 20.4 Å². The molecule has 2 aromatic heterocycles. The van der Waals surface area contributed by atoms with Crippen molar-refractivity contribution in [2.75, 3.05) is 0 Å². The van der Waals surface area contributed by atoms with Crippen LogP contribution in [-0.4, -0.2) is 9.49 Å². The van der Waals surface area contributed by atoms with E-state index in [1.165, 1.54) is 16.8 Å². The van der Waals surface area contributed by atoms with Crippen molar-refractivity contribution in [1.29, 1.82) is 0 Å². The maximum atomic E-state index is 12.0. The monoisotopic (exact) mass is 326 g/mol. The van der Waals surface area contributed by atoms with Crippen molar-refractivity contribution in [3.8, 4) is 0 Å². The van der Waals surface area contributed by atoms with Gasteiger partial charge in [0.1, 0.15) is 5.58 Å². The van der Waals surface area contributed by atoms with Gasteiger partial charge in [0.2, 0.25) is 0 Å². The molecular formula is C17H14N2O5. The maximum absolute atomic E-state index is 12.0. The van der Waals surface area contributed by atoms with Gasteiger partial charge >= 0.3 is 5.63 Å². The second-order valence-corrected chi connectivity index (χ2v) is 5.63. The number of aryl methyl sites for hydroxylation is 2. The highest BCUT2D eigenvalue weighted by Crippen LogP contribution is 2.22. The molecule has 0 atom stereocenters. The van der Waals surface area contributed by atoms with E-state index >= 15 is 0 Å². The van der Waals surface area contributed by atoms with Crippen molar-refractivity contribution >= 4 is 16.7 Å². The third kappa shape index (κ3) is 2.83. The van der Waals surface area contributed by atoms with Gasteiger partial charge in [0, 0.05) is 23.6 Å². The Labute approximate surface area is 135 Å². The normalized spacial score (nSPS) is 10.9. The van der Waals surface area contributed by atoms with Crippen LogP contribution in [0.2, 0.25) is 0 Å². The molecule has 24 heavy (non-hydrogen) atoms. The predicted octanol–water partition coefficient (Wildman–Crippen LogP) is 2.53. The standard InChI is InChI=1S/C17H14N2O5/c1-10-5-14-12(7-17(21)24-15(14)6-11(10)2)8-18-9-13(19(22)23)3-4-16(18)20/h3-7,9H,8H2,1-2H3. The van der Waals surface area contributed by atoms with E-state index in [4.69, 9.17) is 4.42 Å². The van der Waals surface area contributed by atoms with Crippen molar-refractivity contribution in [2.24, 2.45) is 0 Å². The molecule has 0 saturated carbocycles. The molecule has 122 valence electrons. The van der Waals surface area contributed by atoms with E-state index in [-0.39, 0.29) is 17.8 Å². The molecule has 3 aromatic rings. The van der Waals surface area contributed by atoms with Gasteiger partial charge in [-0.2, -0.15) is 0 Å². The largest absolute Gasteiger partial charge is 0.423 e. The summed E-state index contributed by atoms with van der Waals surface area (Å²) < 4.78 is 6.43. The quantitative estimate of drug-likeness (QED) is 0.419. The van der Waals surface area contributed by atoms with Crippen LogP contribution >= 0.6 is 0 Å². The number of nitrogens with zero attached hydrogens (tertiary/aromatic N) is 2. The summed E-state index contributed by atoms with van der Waals surface area (Å²) in [6.45, 7) is 3.89. The van der Waals surface area contributed by atoms with Gasteiger partial charge in [-0.25, -0.2) is 4.79 Å². The maximum Gasteiger partial charge on any atom is 0.336 e. The van der Waals surface area contributed by atoms with Crippen LogP contribution in [-0.2, 0) is 6.54 Å². The Kier molecular flexibility index (Phi) is 3.76. The molecule has 7 nitrogen and oxygen atoms in total. The molecule has 0 amide bonds. The summed E-state index contributed by atoms with van der Waals surface area (Å²) in [7, 11) is 0. The molecule has 7 heteroatoms. The Hall–Kier alpha value is -3.22. The number of nitro groups is 1. The summed E-state index contributed by atoms with van der Waals surface area (Å²) in [5.74, 6) is 0. The Bertz CT molecular complexity index is 1080. The Morgan fingerprint density at radius 2 is 1.83 bits per heavy atom. The Balaban J connectivity index is 2.19. The van der Waals surface area contributed by atoms with Crippen LogP contribution in [0.1, 0.15) is 16.7 Å². The van der Waals surface area contributed by atoms with Crippen LogP contribution in [0.4, 0.5) is 5.69 Å². The van der Waals surface area contributed by atoms with Gasteiger partial charge in [-0.3, -0.25) is 14.9 Å². The summed E-state index contributed by atoms with van der Waals surface area (Å²) >= 11 is 0. The Morgan fingerprint density at radius 3 is 2.54 bits per heavy atom. The summed E-state index contributed by atoms with van der Waals surface area (Å²) in [6.07, 6.45) is 1.17. The van der Waals surface area contributed by atoms with E-state index in [2.05, 4.69) is 0 Å². The first kappa shape index (κ1) is 15.7. The van der Waals surface area contributed by atoms with Gasteiger partial charge in [0.05, 0.1) is 17.7 Å². The Morgan fingerprint density at radius 1 is 1.12 bits per heavy atom. The summed E-state index contributed by atoms with van der Waals surface area (Å²) in [6, 6.07) is 7.25. The molecule has 0 radical (unpaired) electrons. The molecule has 0 unspecified atom stereocenters. The smallest absolute Gasteiger partial charge is 0.336 e. The minimum atomic E-state index is -0.569. The lowest BCUT2D eigenvalue weighted by atomic mass is 10.0. The van der Waals surface area contributed by atoms with E-state index < -0.39 is 10.5 Å². The van der Waals surface area contributed by atoms with Gasteiger partial charge < -0.3 is 8.98 Å². The van der Waals surface area contributed by atoms with Gasteiger partial charge in [0.15, 0.2) is 0 Å². The third-order valence-electron chi connectivity index (χ3n) is 3.96. The van der Waals surface area contributed by atoms with E-state index in [0.717, 1.165) is 23.3 Å². The number of aromatic nitrogens is 1. The average molecular weight is 326 g/mol. The van der Waals surface area contributed by atoms with Crippen molar-refractivity contribution in [3.05, 3.63) is 84.1 Å². The first-order chi connectivity index (χ1) is 11.3. The summed E-state index contributed by atoms with van der Waals surface area (Å²) in [5, 5.41) is 11.6. The van der Waals surface area contributed by atoms with Crippen LogP contribution in [0.25, 0.3) is 11.0 Å². The first-order valence-electron chi connectivity index (χ1n) is 7.24. The van der Waals surface area contributed by atoms with Crippen molar-refractivity contribution < 1.29 is 9.34 Å². The lowest BCUT2D eigenvalue weighted by Crippen LogP contribution is -2.20. The van der Waals surface area contributed by atoms with E-state index in [0.29, 0.717) is 16.5 Å². The van der Waals surface area contributed by atoms with Crippen LogP contribution in [0.5, 0.6) is 0 Å². The zero-order valence-electron chi connectivity index (χ0n) is 13.1. The highest BCUT2D eigenvalue weighted by atomic mass is 16.6. The average Bonchev–Trinajstić information content (AvgIpc) is 2.51. The van der Waals surface area contributed by atoms with E-state index in [1.807, 2.05) is 19.9 Å². The van der Waals surface area contributed by atoms with E-state index in [1.54, 1.807) is 6.07 Å². The first-order valence-corrected chi connectivity index (χ1v) is 7.24. The molecule has 3 rings (SSSR count). The molecule has 0 aliphatic carbocycles. The SMILES string of the molecule is Cc1cc2oc(=O)cc(Cn3cc([N+](=O)[O-])ccc3=O)c2cc1C. The molecule has 2 heterocycles. The molecule has 0 N–H and O–H groups in total. The lowest BCUT2D eigenvalue weighted by molar-refractivity contribution is -0.385. The van der Waals surface area contributed by atoms with Crippen LogP contribution in [0.15, 0.2) is 50.5 Å². The predicted molar refractivity (Wildman–Crippen MR) is 88.4 cm³/mol. The van der Waals surface area contributed by atoms with Crippen LogP contribution in [0, 0.1) is 24.0 Å². The van der Waals surface area contributed by atoms with Crippen molar-refractivity contribution in [3.63, 3.8) is 0 Å². The highest BCUT2D eigenvalue weighted by Gasteiger charge is 2.12. The molecule has 0 bridgehead atoms. The van der Waals surface area contributed by atoms with Crippen LogP contribution < -0.4 is 11.2 Å². The third-order valence-corrected chi connectivity index (χ3v) is 3.96. The molecule has 1 aromatic carbocycles. The number of pyridine rings is 1. The van der Waals surface area contributed by atoms with E-state index in [9.17, 15) is 19.7 Å². The number of fused-ring (bicyclic) bond motifs is 1. The fourth-order valence-corrected chi connectivity index (χ4v) is 2.55. The number of rotatable bonds is 3. The molecule has 0 spiro atoms. The topological polar surface area (TPSA) is 95.3 Å². The lowest BCUT2D eigenvalue weighted by Gasteiger charge is -2.10. The summed E-state index contributed by atoms with van der Waals surface area (Å²) in [5.41, 5.74) is 1.91. The zero-order valence-corrected chi connectivity index (χ0v) is 13.1. The molecule has 0 saturated heterocycles. The van der Waals surface area contributed by atoms with Gasteiger partial charge in [-0.15, -0.1) is 0 Å². The van der Waals surface area contributed by atoms with Gasteiger partial charge in [-0.1, -0.05) is 0 Å². The minimum Gasteiger partial charge on any atom is -0.423 e. The fourth-order valence-electron chi connectivity index (χ4n) is 2.55. The number of benzene rings is 1.